The summed E-state index contributed by atoms with van der Waals surface area (Å²) >= 11 is 0. The van der Waals surface area contributed by atoms with Crippen molar-refractivity contribution < 1.29 is 9.90 Å². The molecule has 0 bridgehead atoms. The molecule has 0 aromatic heterocycles. The van der Waals surface area contributed by atoms with E-state index < -0.39 is 0 Å². The summed E-state index contributed by atoms with van der Waals surface area (Å²) in [6.45, 7) is 7.08. The Morgan fingerprint density at radius 1 is 1.40 bits per heavy atom. The number of hydrogen-bond donors (Lipinski definition) is 1. The second-order valence-corrected chi connectivity index (χ2v) is 3.51. The van der Waals surface area contributed by atoms with Crippen molar-refractivity contribution in [3.05, 3.63) is 47.6 Å². The molecule has 0 unspecified atom stereocenters. The molecule has 1 rings (SSSR count). The van der Waals surface area contributed by atoms with E-state index in [1.54, 1.807) is 24.3 Å². The standard InChI is InChI=1S/C13H14O2/c1-9(2)4-5-12-8-11(10(3)14)6-7-13(12)15/h4-8,15H,1H2,2-3H3/b5-4+. The van der Waals surface area contributed by atoms with Crippen molar-refractivity contribution in [3.8, 4) is 5.75 Å². The van der Waals surface area contributed by atoms with Gasteiger partial charge in [0.15, 0.2) is 5.78 Å². The van der Waals surface area contributed by atoms with Gasteiger partial charge < -0.3 is 5.11 Å². The average Bonchev–Trinajstić information content (AvgIpc) is 2.16. The maximum atomic E-state index is 11.1. The number of ketones is 1. The molecule has 2 nitrogen and oxygen atoms in total. The summed E-state index contributed by atoms with van der Waals surface area (Å²) in [5.41, 5.74) is 2.11. The lowest BCUT2D eigenvalue weighted by Gasteiger charge is -2.01. The number of rotatable bonds is 3. The van der Waals surface area contributed by atoms with Crippen molar-refractivity contribution in [1.29, 1.82) is 0 Å². The predicted molar refractivity (Wildman–Crippen MR) is 62.0 cm³/mol. The highest BCUT2D eigenvalue weighted by Gasteiger charge is 2.02. The number of Topliss-reactive ketones (excluding diaryl/α,β-unsaturated/α-hetero) is 1. The van der Waals surface area contributed by atoms with Gasteiger partial charge in [0.05, 0.1) is 0 Å². The number of aromatic hydroxyl groups is 1. The van der Waals surface area contributed by atoms with Crippen LogP contribution in [0.2, 0.25) is 0 Å². The normalized spacial score (nSPS) is 10.5. The zero-order valence-corrected chi connectivity index (χ0v) is 8.95. The van der Waals surface area contributed by atoms with Gasteiger partial charge in [-0.1, -0.05) is 24.3 Å². The summed E-state index contributed by atoms with van der Waals surface area (Å²) in [6, 6.07) is 4.79. The van der Waals surface area contributed by atoms with Gasteiger partial charge in [0, 0.05) is 11.1 Å². The van der Waals surface area contributed by atoms with E-state index in [1.807, 2.05) is 6.92 Å². The third-order valence-corrected chi connectivity index (χ3v) is 1.98. The Hall–Kier alpha value is -1.83. The Bertz CT molecular complexity index is 428. The fraction of sp³-hybridized carbons (Fsp3) is 0.154. The molecule has 0 atom stereocenters. The van der Waals surface area contributed by atoms with Crippen molar-refractivity contribution >= 4 is 11.9 Å². The quantitative estimate of drug-likeness (QED) is 0.603. The number of carbonyl (C=O) groups excluding carboxylic acids is 1. The van der Waals surface area contributed by atoms with Gasteiger partial charge in [-0.05, 0) is 32.0 Å². The van der Waals surface area contributed by atoms with Crippen LogP contribution in [0.25, 0.3) is 6.08 Å². The molecule has 1 N–H and O–H groups in total. The van der Waals surface area contributed by atoms with E-state index in [1.165, 1.54) is 13.0 Å². The molecule has 0 aliphatic heterocycles. The van der Waals surface area contributed by atoms with Crippen LogP contribution in [0.1, 0.15) is 29.8 Å². The Balaban J connectivity index is 3.11. The fourth-order valence-corrected chi connectivity index (χ4v) is 1.14. The SMILES string of the molecule is C=C(C)/C=C/c1cc(C(C)=O)ccc1O. The first-order chi connectivity index (χ1) is 7.00. The van der Waals surface area contributed by atoms with Gasteiger partial charge in [-0.3, -0.25) is 4.79 Å². The Kier molecular flexibility index (Phi) is 3.45. The summed E-state index contributed by atoms with van der Waals surface area (Å²) in [5, 5.41) is 9.54. The van der Waals surface area contributed by atoms with Gasteiger partial charge >= 0.3 is 0 Å². The second kappa shape index (κ2) is 4.60. The maximum absolute atomic E-state index is 11.1. The molecular formula is C13H14O2. The van der Waals surface area contributed by atoms with Gasteiger partial charge in [0.2, 0.25) is 0 Å². The van der Waals surface area contributed by atoms with Crippen LogP contribution in [0.3, 0.4) is 0 Å². The van der Waals surface area contributed by atoms with E-state index in [0.717, 1.165) is 5.57 Å². The number of phenolic OH excluding ortho intramolecular Hbond substituents is 1. The average molecular weight is 202 g/mol. The van der Waals surface area contributed by atoms with Crippen molar-refractivity contribution in [2.75, 3.05) is 0 Å². The van der Waals surface area contributed by atoms with Crippen LogP contribution < -0.4 is 0 Å². The Morgan fingerprint density at radius 3 is 2.60 bits per heavy atom. The fourth-order valence-electron chi connectivity index (χ4n) is 1.14. The highest BCUT2D eigenvalue weighted by Crippen LogP contribution is 2.20. The molecule has 0 fully saturated rings. The summed E-state index contributed by atoms with van der Waals surface area (Å²) in [4.78, 5) is 11.1. The monoisotopic (exact) mass is 202 g/mol. The Morgan fingerprint density at radius 2 is 2.07 bits per heavy atom. The molecule has 0 saturated carbocycles. The molecular weight excluding hydrogens is 188 g/mol. The van der Waals surface area contributed by atoms with Crippen LogP contribution in [0, 0.1) is 0 Å². The van der Waals surface area contributed by atoms with Crippen LogP contribution in [0.5, 0.6) is 5.75 Å². The third-order valence-electron chi connectivity index (χ3n) is 1.98. The van der Waals surface area contributed by atoms with E-state index in [-0.39, 0.29) is 11.5 Å². The van der Waals surface area contributed by atoms with E-state index in [0.29, 0.717) is 11.1 Å². The molecule has 0 saturated heterocycles. The van der Waals surface area contributed by atoms with Crippen molar-refractivity contribution in [3.63, 3.8) is 0 Å². The lowest BCUT2D eigenvalue weighted by atomic mass is 10.1. The zero-order chi connectivity index (χ0) is 11.4. The lowest BCUT2D eigenvalue weighted by Crippen LogP contribution is -1.91. The maximum Gasteiger partial charge on any atom is 0.159 e. The van der Waals surface area contributed by atoms with Crippen molar-refractivity contribution in [1.82, 2.24) is 0 Å². The van der Waals surface area contributed by atoms with E-state index in [4.69, 9.17) is 0 Å². The number of hydrogen-bond acceptors (Lipinski definition) is 2. The highest BCUT2D eigenvalue weighted by molar-refractivity contribution is 5.95. The molecule has 15 heavy (non-hydrogen) atoms. The van der Waals surface area contributed by atoms with Crippen LogP contribution >= 0.6 is 0 Å². The topological polar surface area (TPSA) is 37.3 Å². The minimum absolute atomic E-state index is 0.0139. The van der Waals surface area contributed by atoms with Crippen molar-refractivity contribution in [2.24, 2.45) is 0 Å². The number of carbonyl (C=O) groups is 1. The smallest absolute Gasteiger partial charge is 0.159 e. The highest BCUT2D eigenvalue weighted by atomic mass is 16.3. The molecule has 0 aliphatic rings. The first-order valence-electron chi connectivity index (χ1n) is 4.68. The third kappa shape index (κ3) is 3.09. The van der Waals surface area contributed by atoms with E-state index in [9.17, 15) is 9.90 Å². The van der Waals surface area contributed by atoms with Gasteiger partial charge in [-0.25, -0.2) is 0 Å². The summed E-state index contributed by atoms with van der Waals surface area (Å²) in [7, 11) is 0. The van der Waals surface area contributed by atoms with Crippen LogP contribution in [0.4, 0.5) is 0 Å². The molecule has 0 amide bonds. The van der Waals surface area contributed by atoms with Gasteiger partial charge in [0.25, 0.3) is 0 Å². The minimum atomic E-state index is -0.0139. The van der Waals surface area contributed by atoms with Gasteiger partial charge in [-0.15, -0.1) is 0 Å². The van der Waals surface area contributed by atoms with E-state index >= 15 is 0 Å². The zero-order valence-electron chi connectivity index (χ0n) is 8.95. The molecule has 78 valence electrons. The first-order valence-corrected chi connectivity index (χ1v) is 4.68. The molecule has 1 aromatic rings. The molecule has 0 aliphatic carbocycles. The molecule has 2 heteroatoms. The Labute approximate surface area is 89.6 Å². The van der Waals surface area contributed by atoms with Crippen LogP contribution in [0.15, 0.2) is 36.4 Å². The molecule has 0 radical (unpaired) electrons. The van der Waals surface area contributed by atoms with Gasteiger partial charge in [0.1, 0.15) is 5.75 Å². The summed E-state index contributed by atoms with van der Waals surface area (Å²) in [5.74, 6) is 0.150. The molecule has 0 spiro atoms. The minimum Gasteiger partial charge on any atom is -0.507 e. The second-order valence-electron chi connectivity index (χ2n) is 3.51. The number of benzene rings is 1. The van der Waals surface area contributed by atoms with Crippen LogP contribution in [-0.4, -0.2) is 10.9 Å². The largest absolute Gasteiger partial charge is 0.507 e. The van der Waals surface area contributed by atoms with Crippen LogP contribution in [-0.2, 0) is 0 Å². The summed E-state index contributed by atoms with van der Waals surface area (Å²) in [6.07, 6.45) is 3.53. The summed E-state index contributed by atoms with van der Waals surface area (Å²) < 4.78 is 0. The van der Waals surface area contributed by atoms with Gasteiger partial charge in [-0.2, -0.15) is 0 Å². The van der Waals surface area contributed by atoms with E-state index in [2.05, 4.69) is 6.58 Å². The number of phenols is 1. The molecule has 0 heterocycles. The molecule has 1 aromatic carbocycles. The lowest BCUT2D eigenvalue weighted by molar-refractivity contribution is 0.101. The first kappa shape index (κ1) is 11.2. The van der Waals surface area contributed by atoms with Crippen molar-refractivity contribution in [2.45, 2.75) is 13.8 Å². The number of allylic oxidation sites excluding steroid dienone is 2. The predicted octanol–water partition coefficient (Wildman–Crippen LogP) is 3.18.